The lowest BCUT2D eigenvalue weighted by Crippen LogP contribution is -2.58. The Labute approximate surface area is 209 Å². The summed E-state index contributed by atoms with van der Waals surface area (Å²) in [6.45, 7) is 5.35. The molecule has 0 radical (unpaired) electrons. The predicted octanol–water partition coefficient (Wildman–Crippen LogP) is 5.87. The number of carbonyl (C=O) groups is 3. The average Bonchev–Trinajstić information content (AvgIpc) is 2.77. The topological polar surface area (TPSA) is 83.9 Å². The SMILES string of the molecule is CCOC(=O)C(CC)N1C(=O)[C@@](C)(CC(=O)O)CC(c2cccc(Cl)c2)[C@H]1c1ccc(Cl)cc1. The molecule has 0 saturated carbocycles. The van der Waals surface area contributed by atoms with Gasteiger partial charge in [0, 0.05) is 16.0 Å². The fraction of sp³-hybridized carbons (Fsp3) is 0.423. The summed E-state index contributed by atoms with van der Waals surface area (Å²) in [4.78, 5) is 40.3. The van der Waals surface area contributed by atoms with E-state index in [2.05, 4.69) is 0 Å². The van der Waals surface area contributed by atoms with Crippen LogP contribution in [-0.2, 0) is 19.1 Å². The van der Waals surface area contributed by atoms with Gasteiger partial charge in [0.15, 0.2) is 0 Å². The van der Waals surface area contributed by atoms with Crippen LogP contribution in [0.2, 0.25) is 10.0 Å². The monoisotopic (exact) mass is 505 g/mol. The first-order valence-electron chi connectivity index (χ1n) is 11.3. The number of ether oxygens (including phenoxy) is 1. The number of likely N-dealkylation sites (tertiary alicyclic amines) is 1. The van der Waals surface area contributed by atoms with Crippen molar-refractivity contribution in [3.63, 3.8) is 0 Å². The molecule has 3 rings (SSSR count). The highest BCUT2D eigenvalue weighted by molar-refractivity contribution is 6.30. The number of esters is 1. The quantitative estimate of drug-likeness (QED) is 0.453. The Balaban J connectivity index is 2.25. The van der Waals surface area contributed by atoms with Gasteiger partial charge in [-0.05, 0) is 55.2 Å². The summed E-state index contributed by atoms with van der Waals surface area (Å²) in [7, 11) is 0. The predicted molar refractivity (Wildman–Crippen MR) is 131 cm³/mol. The Morgan fingerprint density at radius 1 is 1.12 bits per heavy atom. The summed E-state index contributed by atoms with van der Waals surface area (Å²) in [5, 5.41) is 10.7. The second-order valence-corrected chi connectivity index (χ2v) is 9.75. The van der Waals surface area contributed by atoms with E-state index in [0.717, 1.165) is 11.1 Å². The first kappa shape index (κ1) is 26.0. The van der Waals surface area contributed by atoms with E-state index in [-0.39, 0.29) is 31.3 Å². The molecule has 2 aromatic carbocycles. The van der Waals surface area contributed by atoms with Crippen molar-refractivity contribution in [2.24, 2.45) is 5.41 Å². The number of aliphatic carboxylic acids is 1. The maximum Gasteiger partial charge on any atom is 0.328 e. The third-order valence-corrected chi connectivity index (χ3v) is 6.90. The molecule has 0 aromatic heterocycles. The van der Waals surface area contributed by atoms with Crippen LogP contribution in [0.1, 0.15) is 63.1 Å². The lowest BCUT2D eigenvalue weighted by molar-refractivity contribution is -0.169. The van der Waals surface area contributed by atoms with Gasteiger partial charge in [-0.2, -0.15) is 0 Å². The number of benzene rings is 2. The molecule has 2 unspecified atom stereocenters. The minimum atomic E-state index is -1.22. The van der Waals surface area contributed by atoms with Crippen LogP contribution in [0.4, 0.5) is 0 Å². The minimum absolute atomic E-state index is 0.174. The van der Waals surface area contributed by atoms with Crippen molar-refractivity contribution in [1.29, 1.82) is 0 Å². The Morgan fingerprint density at radius 2 is 1.79 bits per heavy atom. The van der Waals surface area contributed by atoms with Crippen molar-refractivity contribution in [2.75, 3.05) is 6.61 Å². The van der Waals surface area contributed by atoms with Crippen molar-refractivity contribution in [1.82, 2.24) is 4.90 Å². The van der Waals surface area contributed by atoms with Gasteiger partial charge in [-0.3, -0.25) is 9.59 Å². The number of rotatable bonds is 8. The van der Waals surface area contributed by atoms with Gasteiger partial charge in [0.25, 0.3) is 0 Å². The van der Waals surface area contributed by atoms with E-state index in [9.17, 15) is 19.5 Å². The number of carboxylic acids is 1. The van der Waals surface area contributed by atoms with Crippen molar-refractivity contribution < 1.29 is 24.2 Å². The third kappa shape index (κ3) is 5.39. The molecule has 182 valence electrons. The first-order chi connectivity index (χ1) is 16.1. The van der Waals surface area contributed by atoms with E-state index < -0.39 is 29.4 Å². The van der Waals surface area contributed by atoms with Crippen LogP contribution in [0, 0.1) is 5.41 Å². The van der Waals surface area contributed by atoms with Gasteiger partial charge in [0.05, 0.1) is 24.5 Å². The Kier molecular flexibility index (Phi) is 8.26. The third-order valence-electron chi connectivity index (χ3n) is 6.41. The highest BCUT2D eigenvalue weighted by Crippen LogP contribution is 2.52. The zero-order chi connectivity index (χ0) is 25.0. The molecule has 1 amide bonds. The summed E-state index contributed by atoms with van der Waals surface area (Å²) in [6, 6.07) is 13.1. The minimum Gasteiger partial charge on any atom is -0.481 e. The summed E-state index contributed by atoms with van der Waals surface area (Å²) >= 11 is 12.5. The molecular weight excluding hydrogens is 477 g/mol. The van der Waals surface area contributed by atoms with Crippen molar-refractivity contribution in [2.45, 2.75) is 58.0 Å². The fourth-order valence-electron chi connectivity index (χ4n) is 4.94. The van der Waals surface area contributed by atoms with Gasteiger partial charge in [0.1, 0.15) is 6.04 Å². The van der Waals surface area contributed by atoms with E-state index in [1.54, 1.807) is 36.9 Å². The molecule has 8 heteroatoms. The van der Waals surface area contributed by atoms with Crippen LogP contribution in [0.25, 0.3) is 0 Å². The Hall–Kier alpha value is -2.57. The number of hydrogen-bond acceptors (Lipinski definition) is 4. The van der Waals surface area contributed by atoms with Crippen LogP contribution < -0.4 is 0 Å². The second-order valence-electron chi connectivity index (χ2n) is 8.88. The Morgan fingerprint density at radius 3 is 2.35 bits per heavy atom. The number of amides is 1. The van der Waals surface area contributed by atoms with Crippen molar-refractivity contribution in [3.8, 4) is 0 Å². The number of nitrogens with zero attached hydrogens (tertiary/aromatic N) is 1. The molecule has 2 aromatic rings. The number of hydrogen-bond donors (Lipinski definition) is 1. The maximum absolute atomic E-state index is 14.0. The molecule has 0 bridgehead atoms. The molecule has 1 N–H and O–H groups in total. The van der Waals surface area contributed by atoms with Crippen molar-refractivity contribution in [3.05, 3.63) is 69.7 Å². The highest BCUT2D eigenvalue weighted by atomic mass is 35.5. The lowest BCUT2D eigenvalue weighted by Gasteiger charge is -2.51. The molecule has 4 atom stereocenters. The zero-order valence-electron chi connectivity index (χ0n) is 19.5. The van der Waals surface area contributed by atoms with Gasteiger partial charge < -0.3 is 14.7 Å². The van der Waals surface area contributed by atoms with Gasteiger partial charge >= 0.3 is 11.9 Å². The standard InChI is InChI=1S/C26H29Cl2NO5/c1-4-21(24(32)34-5-2)29-23(16-9-11-18(27)12-10-16)20(17-7-6-8-19(28)13-17)14-26(3,25(29)33)15-22(30)31/h6-13,20-21,23H,4-5,14-15H2,1-3H3,(H,30,31)/t20?,21?,23-,26-/m1/s1. The first-order valence-corrected chi connectivity index (χ1v) is 12.1. The van der Waals surface area contributed by atoms with Gasteiger partial charge in [-0.15, -0.1) is 0 Å². The van der Waals surface area contributed by atoms with Crippen molar-refractivity contribution >= 4 is 41.0 Å². The summed E-state index contributed by atoms with van der Waals surface area (Å²) in [5.41, 5.74) is 0.435. The number of carboxylic acid groups (broad SMARTS) is 1. The van der Waals surface area contributed by atoms with Gasteiger partial charge in [0.2, 0.25) is 5.91 Å². The number of carbonyl (C=O) groups excluding carboxylic acids is 2. The van der Waals surface area contributed by atoms with Gasteiger partial charge in [-0.25, -0.2) is 4.79 Å². The van der Waals surface area contributed by atoms with Crippen LogP contribution in [-0.4, -0.2) is 40.5 Å². The maximum atomic E-state index is 14.0. The highest BCUT2D eigenvalue weighted by Gasteiger charge is 2.53. The number of halogens is 2. The van der Waals surface area contributed by atoms with E-state index in [0.29, 0.717) is 16.5 Å². The summed E-state index contributed by atoms with van der Waals surface area (Å²) in [6.07, 6.45) is 0.244. The molecular formula is C26H29Cl2NO5. The second kappa shape index (κ2) is 10.8. The average molecular weight is 506 g/mol. The zero-order valence-corrected chi connectivity index (χ0v) is 21.0. The molecule has 1 aliphatic heterocycles. The molecule has 6 nitrogen and oxygen atoms in total. The molecule has 1 saturated heterocycles. The fourth-order valence-corrected chi connectivity index (χ4v) is 5.26. The summed E-state index contributed by atoms with van der Waals surface area (Å²) < 4.78 is 5.32. The largest absolute Gasteiger partial charge is 0.481 e. The lowest BCUT2D eigenvalue weighted by atomic mass is 9.67. The normalized spacial score (nSPS) is 23.4. The van der Waals surface area contributed by atoms with E-state index >= 15 is 0 Å². The molecule has 1 heterocycles. The van der Waals surface area contributed by atoms with E-state index in [4.69, 9.17) is 27.9 Å². The van der Waals surface area contributed by atoms with E-state index in [1.807, 2.05) is 37.3 Å². The van der Waals surface area contributed by atoms with Gasteiger partial charge in [-0.1, -0.05) is 61.3 Å². The van der Waals surface area contributed by atoms with Crippen LogP contribution in [0.5, 0.6) is 0 Å². The molecule has 0 spiro atoms. The molecule has 0 aliphatic carbocycles. The summed E-state index contributed by atoms with van der Waals surface area (Å²) in [5.74, 6) is -2.28. The van der Waals surface area contributed by atoms with Crippen LogP contribution >= 0.6 is 23.2 Å². The van der Waals surface area contributed by atoms with Crippen LogP contribution in [0.3, 0.4) is 0 Å². The molecule has 1 aliphatic rings. The smallest absolute Gasteiger partial charge is 0.328 e. The van der Waals surface area contributed by atoms with E-state index in [1.165, 1.54) is 0 Å². The molecule has 1 fully saturated rings. The molecule has 34 heavy (non-hydrogen) atoms. The Bertz CT molecular complexity index is 1060. The number of piperidine rings is 1. The van der Waals surface area contributed by atoms with Crippen LogP contribution in [0.15, 0.2) is 48.5 Å².